The second-order valence-electron chi connectivity index (χ2n) is 7.17. The maximum atomic E-state index is 12.5. The Labute approximate surface area is 188 Å². The molecule has 1 aromatic heterocycles. The van der Waals surface area contributed by atoms with E-state index in [2.05, 4.69) is 28.2 Å². The van der Waals surface area contributed by atoms with Crippen LogP contribution < -0.4 is 14.8 Å². The fraction of sp³-hybridized carbons (Fsp3) is 0.125. The van der Waals surface area contributed by atoms with Gasteiger partial charge < -0.3 is 19.4 Å². The van der Waals surface area contributed by atoms with Crippen LogP contribution in [0.2, 0.25) is 5.02 Å². The van der Waals surface area contributed by atoms with E-state index in [0.717, 1.165) is 27.4 Å². The van der Waals surface area contributed by atoms with Crippen LogP contribution in [-0.2, 0) is 11.3 Å². The SMILES string of the molecule is O=C(CSc1cn(Cc2ccc(Cl)cc2)c2ccccc12)Nc1ccc2c(c1)OCO2. The number of hydrogen-bond acceptors (Lipinski definition) is 4. The Hall–Kier alpha value is -3.09. The van der Waals surface area contributed by atoms with E-state index in [-0.39, 0.29) is 12.7 Å². The average Bonchev–Trinajstić information content (AvgIpc) is 3.38. The molecule has 0 unspecified atom stereocenters. The van der Waals surface area contributed by atoms with Crippen LogP contribution in [0.25, 0.3) is 10.9 Å². The fourth-order valence-electron chi connectivity index (χ4n) is 3.56. The van der Waals surface area contributed by atoms with Crippen molar-refractivity contribution in [2.24, 2.45) is 0 Å². The molecule has 2 heterocycles. The molecule has 0 radical (unpaired) electrons. The number of hydrogen-bond donors (Lipinski definition) is 1. The number of carbonyl (C=O) groups excluding carboxylic acids is 1. The van der Waals surface area contributed by atoms with Crippen LogP contribution in [0, 0.1) is 0 Å². The predicted molar refractivity (Wildman–Crippen MR) is 124 cm³/mol. The Morgan fingerprint density at radius 1 is 1.03 bits per heavy atom. The van der Waals surface area contributed by atoms with Gasteiger partial charge in [0.2, 0.25) is 12.7 Å². The Kier molecular flexibility index (Phi) is 5.49. The average molecular weight is 451 g/mol. The number of carbonyl (C=O) groups is 1. The van der Waals surface area contributed by atoms with E-state index >= 15 is 0 Å². The Morgan fingerprint density at radius 3 is 2.71 bits per heavy atom. The molecule has 0 fully saturated rings. The van der Waals surface area contributed by atoms with Crippen LogP contribution in [0.5, 0.6) is 11.5 Å². The first-order chi connectivity index (χ1) is 15.2. The molecule has 5 rings (SSSR count). The fourth-order valence-corrected chi connectivity index (χ4v) is 4.57. The summed E-state index contributed by atoms with van der Waals surface area (Å²) >= 11 is 7.54. The summed E-state index contributed by atoms with van der Waals surface area (Å²) in [6, 6.07) is 21.5. The third-order valence-corrected chi connectivity index (χ3v) is 6.33. The van der Waals surface area contributed by atoms with Crippen LogP contribution in [-0.4, -0.2) is 23.0 Å². The topological polar surface area (TPSA) is 52.5 Å². The van der Waals surface area contributed by atoms with Crippen LogP contribution in [0.15, 0.2) is 77.8 Å². The summed E-state index contributed by atoms with van der Waals surface area (Å²) in [5, 5.41) is 4.79. The summed E-state index contributed by atoms with van der Waals surface area (Å²) in [5.41, 5.74) is 3.00. The first-order valence-corrected chi connectivity index (χ1v) is 11.2. The number of aromatic nitrogens is 1. The zero-order chi connectivity index (χ0) is 21.2. The van der Waals surface area contributed by atoms with Crippen LogP contribution >= 0.6 is 23.4 Å². The van der Waals surface area contributed by atoms with Gasteiger partial charge in [0.1, 0.15) is 0 Å². The highest BCUT2D eigenvalue weighted by Gasteiger charge is 2.15. The molecule has 1 aliphatic rings. The molecule has 3 aromatic carbocycles. The lowest BCUT2D eigenvalue weighted by atomic mass is 10.2. The lowest BCUT2D eigenvalue weighted by molar-refractivity contribution is -0.113. The van der Waals surface area contributed by atoms with Gasteiger partial charge in [-0.15, -0.1) is 11.8 Å². The highest BCUT2D eigenvalue weighted by molar-refractivity contribution is 8.00. The molecule has 5 nitrogen and oxygen atoms in total. The molecule has 0 spiro atoms. The number of anilines is 1. The summed E-state index contributed by atoms with van der Waals surface area (Å²) in [6.07, 6.45) is 2.11. The van der Waals surface area contributed by atoms with Gasteiger partial charge in [-0.25, -0.2) is 0 Å². The van der Waals surface area contributed by atoms with Gasteiger partial charge in [-0.3, -0.25) is 4.79 Å². The van der Waals surface area contributed by atoms with Crippen molar-refractivity contribution in [3.8, 4) is 11.5 Å². The van der Waals surface area contributed by atoms with Crippen molar-refractivity contribution in [3.05, 3.63) is 83.5 Å². The standard InChI is InChI=1S/C24H19ClN2O3S/c25-17-7-5-16(6-8-17)12-27-13-23(19-3-1-2-4-20(19)27)31-14-24(28)26-18-9-10-21-22(11-18)30-15-29-21/h1-11,13H,12,14-15H2,(H,26,28). The number of fused-ring (bicyclic) bond motifs is 2. The highest BCUT2D eigenvalue weighted by atomic mass is 35.5. The zero-order valence-corrected chi connectivity index (χ0v) is 18.1. The van der Waals surface area contributed by atoms with Crippen molar-refractivity contribution in [1.82, 2.24) is 4.57 Å². The summed E-state index contributed by atoms with van der Waals surface area (Å²) in [6.45, 7) is 0.949. The largest absolute Gasteiger partial charge is 0.454 e. The van der Waals surface area contributed by atoms with Crippen LogP contribution in [0.3, 0.4) is 0 Å². The van der Waals surface area contributed by atoms with Crippen molar-refractivity contribution >= 4 is 45.9 Å². The van der Waals surface area contributed by atoms with E-state index in [1.165, 1.54) is 17.3 Å². The van der Waals surface area contributed by atoms with Crippen LogP contribution in [0.4, 0.5) is 5.69 Å². The first kappa shape index (κ1) is 19.8. The van der Waals surface area contributed by atoms with Gasteiger partial charge in [-0.1, -0.05) is 41.9 Å². The monoisotopic (exact) mass is 450 g/mol. The first-order valence-electron chi connectivity index (χ1n) is 9.80. The van der Waals surface area contributed by atoms with Gasteiger partial charge in [0, 0.05) is 45.3 Å². The Bertz CT molecular complexity index is 1250. The van der Waals surface area contributed by atoms with E-state index in [9.17, 15) is 4.79 Å². The zero-order valence-electron chi connectivity index (χ0n) is 16.5. The van der Waals surface area contributed by atoms with Gasteiger partial charge >= 0.3 is 0 Å². The van der Waals surface area contributed by atoms with Gasteiger partial charge in [0.15, 0.2) is 11.5 Å². The molecule has 0 atom stereocenters. The molecule has 0 aliphatic carbocycles. The molecule has 31 heavy (non-hydrogen) atoms. The summed E-state index contributed by atoms with van der Waals surface area (Å²) in [7, 11) is 0. The number of thioether (sulfide) groups is 1. The van der Waals surface area contributed by atoms with Crippen molar-refractivity contribution in [2.75, 3.05) is 17.9 Å². The van der Waals surface area contributed by atoms with Crippen molar-refractivity contribution in [2.45, 2.75) is 11.4 Å². The number of benzene rings is 3. The van der Waals surface area contributed by atoms with E-state index < -0.39 is 0 Å². The Balaban J connectivity index is 1.30. The molecule has 0 saturated heterocycles. The lowest BCUT2D eigenvalue weighted by Gasteiger charge is -2.06. The van der Waals surface area contributed by atoms with E-state index in [1.807, 2.05) is 42.5 Å². The van der Waals surface area contributed by atoms with E-state index in [1.54, 1.807) is 12.1 Å². The third kappa shape index (κ3) is 4.36. The summed E-state index contributed by atoms with van der Waals surface area (Å²) in [5.74, 6) is 1.58. The maximum Gasteiger partial charge on any atom is 0.234 e. The number of nitrogens with one attached hydrogen (secondary N) is 1. The van der Waals surface area contributed by atoms with Gasteiger partial charge in [0.05, 0.1) is 5.75 Å². The summed E-state index contributed by atoms with van der Waals surface area (Å²) in [4.78, 5) is 13.6. The number of halogens is 1. The van der Waals surface area contributed by atoms with Crippen molar-refractivity contribution < 1.29 is 14.3 Å². The molecule has 1 N–H and O–H groups in total. The van der Waals surface area contributed by atoms with E-state index in [0.29, 0.717) is 22.9 Å². The summed E-state index contributed by atoms with van der Waals surface area (Å²) < 4.78 is 12.9. The molecule has 1 amide bonds. The molecule has 1 aliphatic heterocycles. The minimum atomic E-state index is -0.0709. The predicted octanol–water partition coefficient (Wildman–Crippen LogP) is 5.80. The molecule has 0 bridgehead atoms. The number of para-hydroxylation sites is 1. The van der Waals surface area contributed by atoms with Crippen molar-refractivity contribution in [1.29, 1.82) is 0 Å². The normalized spacial score (nSPS) is 12.3. The second kappa shape index (κ2) is 8.57. The third-order valence-electron chi connectivity index (χ3n) is 5.03. The minimum Gasteiger partial charge on any atom is -0.454 e. The quantitative estimate of drug-likeness (QED) is 0.377. The molecular weight excluding hydrogens is 432 g/mol. The van der Waals surface area contributed by atoms with Gasteiger partial charge in [-0.2, -0.15) is 0 Å². The Morgan fingerprint density at radius 2 is 1.84 bits per heavy atom. The molecule has 156 valence electrons. The smallest absolute Gasteiger partial charge is 0.234 e. The number of amides is 1. The van der Waals surface area contributed by atoms with E-state index in [4.69, 9.17) is 21.1 Å². The van der Waals surface area contributed by atoms with Crippen LogP contribution in [0.1, 0.15) is 5.56 Å². The number of ether oxygens (including phenoxy) is 2. The maximum absolute atomic E-state index is 12.5. The second-order valence-corrected chi connectivity index (χ2v) is 8.62. The van der Waals surface area contributed by atoms with Gasteiger partial charge in [-0.05, 0) is 35.9 Å². The van der Waals surface area contributed by atoms with Crippen molar-refractivity contribution in [3.63, 3.8) is 0 Å². The minimum absolute atomic E-state index is 0.0709. The highest BCUT2D eigenvalue weighted by Crippen LogP contribution is 2.35. The molecule has 0 saturated carbocycles. The molecular formula is C24H19ClN2O3S. The number of nitrogens with zero attached hydrogens (tertiary/aromatic N) is 1. The lowest BCUT2D eigenvalue weighted by Crippen LogP contribution is -2.13. The molecule has 7 heteroatoms. The van der Waals surface area contributed by atoms with Gasteiger partial charge in [0.25, 0.3) is 0 Å². The number of rotatable bonds is 6. The molecule has 4 aromatic rings.